The van der Waals surface area contributed by atoms with Crippen molar-refractivity contribution in [3.05, 3.63) is 143 Å². The van der Waals surface area contributed by atoms with Gasteiger partial charge in [-0.1, -0.05) is 36.4 Å². The molecule has 0 bridgehead atoms. The number of carbonyl (C=O) groups excluding carboxylic acids is 4. The average Bonchev–Trinajstić information content (AvgIpc) is 3.36. The molecular weight excluding hydrogens is 1050 g/mol. The molecule has 0 fully saturated rings. The van der Waals surface area contributed by atoms with Gasteiger partial charge < -0.3 is 50.1 Å². The minimum Gasteiger partial charge on any atom is -0.493 e. The summed E-state index contributed by atoms with van der Waals surface area (Å²) in [6, 6.07) is 22.6. The van der Waals surface area contributed by atoms with E-state index in [0.717, 1.165) is 12.2 Å². The Bertz CT molecular complexity index is 2920. The lowest BCUT2D eigenvalue weighted by Gasteiger charge is -2.29. The van der Waals surface area contributed by atoms with E-state index in [1.54, 1.807) is 0 Å². The van der Waals surface area contributed by atoms with Gasteiger partial charge in [0.15, 0.2) is 28.8 Å². The van der Waals surface area contributed by atoms with Gasteiger partial charge >= 0.3 is 36.1 Å². The van der Waals surface area contributed by atoms with Crippen LogP contribution < -0.4 is 39.9 Å². The highest BCUT2D eigenvalue weighted by Gasteiger charge is 2.57. The zero-order valence-electron chi connectivity index (χ0n) is 40.6. The first-order valence-corrected chi connectivity index (χ1v) is 22.7. The number of ketones is 2. The van der Waals surface area contributed by atoms with Crippen molar-refractivity contribution in [2.45, 2.75) is 68.0 Å². The number of methoxy groups -OCH3 is 2. The van der Waals surface area contributed by atoms with Gasteiger partial charge in [-0.15, -0.1) is 0 Å². The standard InChI is InChI=1S/C53H48F10N2O12/c1-72-44-27-33(11-18-42(44)74-23-3-21-49(54,55)52(58,59)60)47(68)76-39-14-6-31(7-15-39)5-13-38(66)30-41(35-25-36(64)29-37(65)26-35)51(70,71)46(67)20-10-32-8-16-40(17-9-32)77-48(69)34-12-19-43(45(28-34)73-2)75-24-4-22-50(56,57)53(61,62)63/h5-20,25-29,41,70-71H,3-4,21-24,30,64-65H2,1-2H3. The van der Waals surface area contributed by atoms with Gasteiger partial charge in [0.25, 0.3) is 0 Å². The normalized spacial score (nSPS) is 12.8. The number of benzene rings is 5. The van der Waals surface area contributed by atoms with E-state index in [9.17, 15) is 73.3 Å². The van der Waals surface area contributed by atoms with E-state index in [1.165, 1.54) is 129 Å². The smallest absolute Gasteiger partial charge is 0.453 e. The van der Waals surface area contributed by atoms with E-state index in [-0.39, 0.29) is 62.6 Å². The van der Waals surface area contributed by atoms with Crippen molar-refractivity contribution < 1.29 is 102 Å². The lowest BCUT2D eigenvalue weighted by atomic mass is 9.83. The maximum atomic E-state index is 13.5. The highest BCUT2D eigenvalue weighted by molar-refractivity contribution is 6.01. The Balaban J connectivity index is 1.18. The maximum absolute atomic E-state index is 13.5. The van der Waals surface area contributed by atoms with Crippen LogP contribution in [-0.4, -0.2) is 91.1 Å². The van der Waals surface area contributed by atoms with Crippen LogP contribution in [0.4, 0.5) is 55.3 Å². The summed E-state index contributed by atoms with van der Waals surface area (Å²) in [6.07, 6.45) is -11.8. The molecule has 5 aromatic rings. The summed E-state index contributed by atoms with van der Waals surface area (Å²) in [4.78, 5) is 52.7. The topological polar surface area (TPSA) is 216 Å². The molecule has 412 valence electrons. The molecule has 0 aromatic heterocycles. The van der Waals surface area contributed by atoms with E-state index in [2.05, 4.69) is 0 Å². The van der Waals surface area contributed by atoms with Crippen molar-refractivity contribution in [3.63, 3.8) is 0 Å². The first kappa shape index (κ1) is 59.8. The fraction of sp³-hybridized carbons (Fsp3) is 0.283. The highest BCUT2D eigenvalue weighted by Crippen LogP contribution is 2.41. The minimum atomic E-state index is -5.70. The zero-order chi connectivity index (χ0) is 56.9. The number of carbonyl (C=O) groups is 4. The molecule has 0 saturated heterocycles. The fourth-order valence-corrected chi connectivity index (χ4v) is 7.01. The van der Waals surface area contributed by atoms with Gasteiger partial charge in [-0.2, -0.15) is 43.9 Å². The molecule has 0 aliphatic carbocycles. The molecule has 1 unspecified atom stereocenters. The lowest BCUT2D eigenvalue weighted by Crippen LogP contribution is -2.44. The molecular formula is C53H48F10N2O12. The Morgan fingerprint density at radius 3 is 1.34 bits per heavy atom. The van der Waals surface area contributed by atoms with Crippen molar-refractivity contribution in [2.75, 3.05) is 38.9 Å². The van der Waals surface area contributed by atoms with Crippen LogP contribution in [0.15, 0.2) is 115 Å². The maximum Gasteiger partial charge on any atom is 0.453 e. The molecule has 5 rings (SSSR count). The number of halogens is 10. The number of nitrogen functional groups attached to an aromatic ring is 2. The molecule has 14 nitrogen and oxygen atoms in total. The second-order valence-corrected chi connectivity index (χ2v) is 16.9. The van der Waals surface area contributed by atoms with Crippen molar-refractivity contribution in [3.8, 4) is 34.5 Å². The van der Waals surface area contributed by atoms with Gasteiger partial charge in [0.2, 0.25) is 11.6 Å². The molecule has 0 aliphatic heterocycles. The Morgan fingerprint density at radius 2 is 0.948 bits per heavy atom. The number of hydrogen-bond acceptors (Lipinski definition) is 14. The van der Waals surface area contributed by atoms with Crippen molar-refractivity contribution in [2.24, 2.45) is 0 Å². The minimum absolute atomic E-state index is 0.0202. The highest BCUT2D eigenvalue weighted by atomic mass is 19.4. The summed E-state index contributed by atoms with van der Waals surface area (Å²) >= 11 is 0. The number of esters is 2. The number of rotatable bonds is 25. The number of ether oxygens (including phenoxy) is 6. The van der Waals surface area contributed by atoms with Crippen molar-refractivity contribution in [1.82, 2.24) is 0 Å². The molecule has 77 heavy (non-hydrogen) atoms. The fourth-order valence-electron chi connectivity index (χ4n) is 7.01. The first-order chi connectivity index (χ1) is 36.0. The summed E-state index contributed by atoms with van der Waals surface area (Å²) in [5.74, 6) is -18.4. The second kappa shape index (κ2) is 25.1. The SMILES string of the molecule is COc1cc(C(=O)Oc2ccc(C=CC(=O)CC(c3cc(N)cc(N)c3)C(O)(O)C(=O)C=Cc3ccc(OC(=O)c4ccc(OCCCC(F)(F)C(F)(F)F)c(OC)c4)cc3)cc2)ccc1OCCCC(F)(F)C(F)(F)F. The Hall–Kier alpha value is -8.12. The number of hydrogen-bond donors (Lipinski definition) is 4. The number of alkyl halides is 10. The van der Waals surface area contributed by atoms with Crippen LogP contribution in [0.5, 0.6) is 34.5 Å². The van der Waals surface area contributed by atoms with Gasteiger partial charge in [-0.3, -0.25) is 9.59 Å². The number of allylic oxidation sites excluding steroid dienone is 1. The number of nitrogens with two attached hydrogens (primary N) is 2. The summed E-state index contributed by atoms with van der Waals surface area (Å²) in [5.41, 5.74) is 12.8. The summed E-state index contributed by atoms with van der Waals surface area (Å²) < 4.78 is 159. The van der Waals surface area contributed by atoms with Gasteiger partial charge in [0, 0.05) is 30.6 Å². The van der Waals surface area contributed by atoms with Crippen molar-refractivity contribution >= 4 is 47.0 Å². The third-order valence-electron chi connectivity index (χ3n) is 11.1. The quantitative estimate of drug-likeness (QED) is 0.00814. The molecule has 0 heterocycles. The van der Waals surface area contributed by atoms with E-state index in [4.69, 9.17) is 39.9 Å². The van der Waals surface area contributed by atoms with Crippen LogP contribution in [0.3, 0.4) is 0 Å². The summed E-state index contributed by atoms with van der Waals surface area (Å²) in [7, 11) is 2.42. The largest absolute Gasteiger partial charge is 0.493 e. The van der Waals surface area contributed by atoms with Crippen LogP contribution >= 0.6 is 0 Å². The molecule has 0 saturated carbocycles. The van der Waals surface area contributed by atoms with E-state index in [0.29, 0.717) is 11.1 Å². The van der Waals surface area contributed by atoms with Crippen LogP contribution in [0.25, 0.3) is 12.2 Å². The van der Waals surface area contributed by atoms with Crippen LogP contribution in [-0.2, 0) is 9.59 Å². The Labute approximate surface area is 432 Å². The zero-order valence-corrected chi connectivity index (χ0v) is 40.6. The van der Waals surface area contributed by atoms with Crippen LogP contribution in [0, 0.1) is 0 Å². The molecule has 1 atom stereocenters. The van der Waals surface area contributed by atoms with Crippen LogP contribution in [0.2, 0.25) is 0 Å². The average molecular weight is 1090 g/mol. The molecule has 5 aromatic carbocycles. The van der Waals surface area contributed by atoms with E-state index in [1.807, 2.05) is 0 Å². The number of anilines is 2. The monoisotopic (exact) mass is 1090 g/mol. The van der Waals surface area contributed by atoms with Gasteiger partial charge in [0.05, 0.1) is 44.5 Å². The lowest BCUT2D eigenvalue weighted by molar-refractivity contribution is -0.284. The van der Waals surface area contributed by atoms with E-state index >= 15 is 0 Å². The molecule has 0 aliphatic rings. The van der Waals surface area contributed by atoms with Crippen molar-refractivity contribution in [1.29, 1.82) is 0 Å². The summed E-state index contributed by atoms with van der Waals surface area (Å²) in [6.45, 7) is -1.02. The Morgan fingerprint density at radius 1 is 0.545 bits per heavy atom. The first-order valence-electron chi connectivity index (χ1n) is 22.7. The molecule has 0 radical (unpaired) electrons. The molecule has 6 N–H and O–H groups in total. The van der Waals surface area contributed by atoms with E-state index < -0.39 is 105 Å². The predicted molar refractivity (Wildman–Crippen MR) is 258 cm³/mol. The predicted octanol–water partition coefficient (Wildman–Crippen LogP) is 10.7. The number of aliphatic hydroxyl groups is 2. The third-order valence-corrected chi connectivity index (χ3v) is 11.1. The molecule has 0 amide bonds. The summed E-state index contributed by atoms with van der Waals surface area (Å²) in [5, 5.41) is 22.7. The molecule has 0 spiro atoms. The molecule has 24 heteroatoms. The van der Waals surface area contributed by atoms with Gasteiger partial charge in [-0.05, 0) is 121 Å². The van der Waals surface area contributed by atoms with Gasteiger partial charge in [0.1, 0.15) is 11.5 Å². The second-order valence-electron chi connectivity index (χ2n) is 16.9. The Kier molecular flexibility index (Phi) is 19.5. The van der Waals surface area contributed by atoms with Gasteiger partial charge in [-0.25, -0.2) is 9.59 Å². The van der Waals surface area contributed by atoms with Crippen LogP contribution in [0.1, 0.15) is 75.4 Å². The third kappa shape index (κ3) is 16.4.